The molecule has 2 heterocycles. The summed E-state index contributed by atoms with van der Waals surface area (Å²) in [7, 11) is 0. The molecule has 1 saturated carbocycles. The van der Waals surface area contributed by atoms with Crippen molar-refractivity contribution in [1.29, 1.82) is 0 Å². The Morgan fingerprint density at radius 2 is 1.67 bits per heavy atom. The van der Waals surface area contributed by atoms with Crippen molar-refractivity contribution < 1.29 is 4.79 Å². The number of ketones is 1. The highest BCUT2D eigenvalue weighted by Gasteiger charge is 2.56. The van der Waals surface area contributed by atoms with Crippen molar-refractivity contribution in [2.45, 2.75) is 37.3 Å². The van der Waals surface area contributed by atoms with Crippen molar-refractivity contribution in [2.75, 3.05) is 0 Å². The van der Waals surface area contributed by atoms with Gasteiger partial charge in [0.2, 0.25) is 0 Å². The lowest BCUT2D eigenvalue weighted by molar-refractivity contribution is -0.110. The molecule has 4 aliphatic rings. The van der Waals surface area contributed by atoms with Gasteiger partial charge < -0.3 is 4.90 Å². The summed E-state index contributed by atoms with van der Waals surface area (Å²) >= 11 is 0. The molecule has 0 bridgehead atoms. The van der Waals surface area contributed by atoms with E-state index in [1.165, 1.54) is 23.2 Å². The van der Waals surface area contributed by atoms with E-state index in [1.54, 1.807) is 12.2 Å². The average molecular weight is 393 g/mol. The topological polar surface area (TPSA) is 32.7 Å². The van der Waals surface area contributed by atoms with Gasteiger partial charge in [0.05, 0.1) is 11.4 Å². The van der Waals surface area contributed by atoms with Crippen molar-refractivity contribution in [3.63, 3.8) is 0 Å². The number of aliphatic imine (C=N–C) groups is 1. The maximum atomic E-state index is 12.3. The normalized spacial score (nSPS) is 29.4. The minimum absolute atomic E-state index is 0.0472. The summed E-state index contributed by atoms with van der Waals surface area (Å²) in [5, 5.41) is 0. The van der Waals surface area contributed by atoms with Crippen LogP contribution in [0.3, 0.4) is 0 Å². The molecule has 3 heteroatoms. The Labute approximate surface area is 177 Å². The molecule has 2 aliphatic carbocycles. The molecule has 0 N–H and O–H groups in total. The second kappa shape index (κ2) is 6.66. The number of fused-ring (bicyclic) bond motifs is 2. The summed E-state index contributed by atoms with van der Waals surface area (Å²) in [5.41, 5.74) is 5.33. The van der Waals surface area contributed by atoms with Gasteiger partial charge in [-0.3, -0.25) is 9.79 Å². The summed E-state index contributed by atoms with van der Waals surface area (Å²) in [6.07, 6.45) is 12.3. The molecule has 0 saturated heterocycles. The van der Waals surface area contributed by atoms with E-state index in [1.807, 2.05) is 6.08 Å². The third-order valence-corrected chi connectivity index (χ3v) is 7.06. The molecule has 30 heavy (non-hydrogen) atoms. The molecule has 2 aliphatic heterocycles. The molecular formula is C27H24N2O. The molecule has 1 fully saturated rings. The monoisotopic (exact) mass is 392 g/mol. The fraction of sp³-hybridized carbons (Fsp3) is 0.259. The van der Waals surface area contributed by atoms with Gasteiger partial charge in [0.1, 0.15) is 5.66 Å². The first kappa shape index (κ1) is 17.6. The van der Waals surface area contributed by atoms with Crippen LogP contribution in [0.15, 0.2) is 95.7 Å². The number of hydrogen-bond acceptors (Lipinski definition) is 3. The van der Waals surface area contributed by atoms with Crippen LogP contribution in [0.5, 0.6) is 0 Å². The zero-order chi connectivity index (χ0) is 20.1. The Balaban J connectivity index is 1.61. The number of allylic oxidation sites excluding steroid dienone is 4. The first-order valence-electron chi connectivity index (χ1n) is 10.9. The Morgan fingerprint density at radius 3 is 2.47 bits per heavy atom. The van der Waals surface area contributed by atoms with Crippen LogP contribution >= 0.6 is 0 Å². The van der Waals surface area contributed by atoms with Crippen molar-refractivity contribution in [2.24, 2.45) is 10.9 Å². The molecule has 0 amide bonds. The maximum absolute atomic E-state index is 12.3. The predicted molar refractivity (Wildman–Crippen MR) is 120 cm³/mol. The lowest BCUT2D eigenvalue weighted by Crippen LogP contribution is -2.54. The van der Waals surface area contributed by atoms with Gasteiger partial charge in [-0.1, -0.05) is 73.2 Å². The number of carbonyl (C=O) groups is 1. The van der Waals surface area contributed by atoms with E-state index < -0.39 is 0 Å². The highest BCUT2D eigenvalue weighted by Crippen LogP contribution is 2.57. The minimum atomic E-state index is -0.311. The quantitative estimate of drug-likeness (QED) is 0.633. The fourth-order valence-corrected chi connectivity index (χ4v) is 5.83. The number of nitrogens with zero attached hydrogens (tertiary/aromatic N) is 2. The summed E-state index contributed by atoms with van der Waals surface area (Å²) in [5.74, 6) is 0.748. The molecule has 3 nitrogen and oxygen atoms in total. The minimum Gasteiger partial charge on any atom is -0.313 e. The molecule has 3 atom stereocenters. The number of hydrogen-bond donors (Lipinski definition) is 0. The van der Waals surface area contributed by atoms with E-state index in [2.05, 4.69) is 71.6 Å². The second-order valence-electron chi connectivity index (χ2n) is 8.68. The SMILES string of the molecule is O=C1C=CC2=N[C@]34CCCC[C@@H]3[C@@H](c3ccccc3)C=C(c3ccccc3)N4C2=C1. The zero-order valence-electron chi connectivity index (χ0n) is 16.9. The van der Waals surface area contributed by atoms with Crippen LogP contribution in [-0.4, -0.2) is 22.1 Å². The lowest BCUT2D eigenvalue weighted by Gasteiger charge is -2.53. The van der Waals surface area contributed by atoms with Gasteiger partial charge in [0, 0.05) is 23.6 Å². The van der Waals surface area contributed by atoms with E-state index >= 15 is 0 Å². The van der Waals surface area contributed by atoms with Crippen LogP contribution in [-0.2, 0) is 4.79 Å². The standard InChI is InChI=1S/C27H24N2O/c30-21-14-15-24-26(17-21)29-25(20-11-5-2-6-12-20)18-22(19-9-3-1-4-10-19)23-13-7-8-16-27(23,29)28-24/h1-6,9-12,14-15,17-18,22-23H,7-8,13,16H2/t22-,23-,27+/m1/s1. The molecule has 148 valence electrons. The molecule has 2 aromatic rings. The summed E-state index contributed by atoms with van der Waals surface area (Å²) in [6.45, 7) is 0. The van der Waals surface area contributed by atoms with Gasteiger partial charge in [-0.2, -0.15) is 0 Å². The zero-order valence-corrected chi connectivity index (χ0v) is 16.9. The third-order valence-electron chi connectivity index (χ3n) is 7.06. The molecule has 2 aromatic carbocycles. The third kappa shape index (κ3) is 2.51. The van der Waals surface area contributed by atoms with Gasteiger partial charge in [0.15, 0.2) is 5.78 Å². The van der Waals surface area contributed by atoms with Gasteiger partial charge in [0.25, 0.3) is 0 Å². The highest BCUT2D eigenvalue weighted by atomic mass is 16.1. The van der Waals surface area contributed by atoms with Gasteiger partial charge in [-0.15, -0.1) is 0 Å². The predicted octanol–water partition coefficient (Wildman–Crippen LogP) is 5.49. The van der Waals surface area contributed by atoms with E-state index in [4.69, 9.17) is 4.99 Å². The summed E-state index contributed by atoms with van der Waals surface area (Å²) in [4.78, 5) is 20.1. The van der Waals surface area contributed by atoms with Crippen molar-refractivity contribution in [3.05, 3.63) is 102 Å². The molecule has 6 rings (SSSR count). The fourth-order valence-electron chi connectivity index (χ4n) is 5.83. The van der Waals surface area contributed by atoms with Crippen LogP contribution in [0.25, 0.3) is 5.70 Å². The summed E-state index contributed by atoms with van der Waals surface area (Å²) < 4.78 is 0. The van der Waals surface area contributed by atoms with Gasteiger partial charge in [-0.25, -0.2) is 0 Å². The van der Waals surface area contributed by atoms with Crippen LogP contribution in [0.2, 0.25) is 0 Å². The Hall–Kier alpha value is -3.20. The number of rotatable bonds is 2. The Kier molecular flexibility index (Phi) is 3.92. The first-order chi connectivity index (χ1) is 14.8. The molecule has 0 radical (unpaired) electrons. The van der Waals surface area contributed by atoms with E-state index in [0.717, 1.165) is 30.7 Å². The van der Waals surface area contributed by atoms with Crippen LogP contribution in [0.4, 0.5) is 0 Å². The molecule has 0 unspecified atom stereocenters. The van der Waals surface area contributed by atoms with Gasteiger partial charge >= 0.3 is 0 Å². The van der Waals surface area contributed by atoms with E-state index in [-0.39, 0.29) is 11.4 Å². The summed E-state index contributed by atoms with van der Waals surface area (Å²) in [6, 6.07) is 21.4. The highest BCUT2D eigenvalue weighted by molar-refractivity contribution is 6.21. The molecule has 0 aromatic heterocycles. The number of carbonyl (C=O) groups excluding carboxylic acids is 1. The molecule has 1 spiro atoms. The molecular weight excluding hydrogens is 368 g/mol. The van der Waals surface area contributed by atoms with Crippen molar-refractivity contribution >= 4 is 17.2 Å². The Bertz CT molecular complexity index is 1130. The smallest absolute Gasteiger partial charge is 0.180 e. The van der Waals surface area contributed by atoms with Crippen molar-refractivity contribution in [3.8, 4) is 0 Å². The first-order valence-corrected chi connectivity index (χ1v) is 10.9. The van der Waals surface area contributed by atoms with E-state index in [9.17, 15) is 4.79 Å². The van der Waals surface area contributed by atoms with Crippen LogP contribution < -0.4 is 0 Å². The Morgan fingerprint density at radius 1 is 0.900 bits per heavy atom. The van der Waals surface area contributed by atoms with Gasteiger partial charge in [-0.05, 0) is 42.5 Å². The average Bonchev–Trinajstić information content (AvgIpc) is 3.12. The van der Waals surface area contributed by atoms with E-state index in [0.29, 0.717) is 11.8 Å². The van der Waals surface area contributed by atoms with Crippen LogP contribution in [0, 0.1) is 5.92 Å². The van der Waals surface area contributed by atoms with Crippen LogP contribution in [0.1, 0.15) is 42.7 Å². The second-order valence-corrected chi connectivity index (χ2v) is 8.68. The number of benzene rings is 2. The van der Waals surface area contributed by atoms with Crippen molar-refractivity contribution in [1.82, 2.24) is 4.90 Å². The maximum Gasteiger partial charge on any atom is 0.180 e. The largest absolute Gasteiger partial charge is 0.313 e. The lowest BCUT2D eigenvalue weighted by atomic mass is 9.66.